The number of benzene rings is 1. The Kier molecular flexibility index (Phi) is 4.30. The Balaban J connectivity index is 2.86. The molecule has 0 fully saturated rings. The minimum atomic E-state index is -0.716. The van der Waals surface area contributed by atoms with Crippen LogP contribution in [0, 0.1) is 17.7 Å². The number of aliphatic hydroxyl groups excluding tert-OH is 1. The number of aliphatic hydroxyl groups is 1. The second-order valence-electron chi connectivity index (χ2n) is 2.98. The molecule has 0 bridgehead atoms. The Hall–Kier alpha value is -2.06. The molecule has 0 aromatic heterocycles. The number of primary amides is 1. The van der Waals surface area contributed by atoms with E-state index in [2.05, 4.69) is 17.2 Å². The van der Waals surface area contributed by atoms with Crippen molar-refractivity contribution in [3.63, 3.8) is 0 Å². The molecule has 1 rings (SSSR count). The van der Waals surface area contributed by atoms with Crippen LogP contribution in [-0.2, 0) is 6.54 Å². The van der Waals surface area contributed by atoms with E-state index >= 15 is 0 Å². The number of nitrogens with two attached hydrogens (primary N) is 1. The minimum Gasteiger partial charge on any atom is -0.384 e. The molecular formula is C11H11FN2O2. The third kappa shape index (κ3) is 3.59. The van der Waals surface area contributed by atoms with Crippen LogP contribution >= 0.6 is 0 Å². The zero-order valence-corrected chi connectivity index (χ0v) is 8.46. The van der Waals surface area contributed by atoms with Gasteiger partial charge in [-0.3, -0.25) is 0 Å². The first kappa shape index (κ1) is 12.0. The molecule has 16 heavy (non-hydrogen) atoms. The highest BCUT2D eigenvalue weighted by molar-refractivity contribution is 5.71. The summed E-state index contributed by atoms with van der Waals surface area (Å²) in [5.74, 6) is 4.64. The molecular weight excluding hydrogens is 211 g/mol. The van der Waals surface area contributed by atoms with Gasteiger partial charge in [-0.2, -0.15) is 0 Å². The van der Waals surface area contributed by atoms with E-state index in [-0.39, 0.29) is 13.2 Å². The molecule has 0 saturated carbocycles. The molecule has 0 aliphatic rings. The van der Waals surface area contributed by atoms with Crippen LogP contribution in [0.25, 0.3) is 0 Å². The van der Waals surface area contributed by atoms with Crippen LogP contribution in [0.3, 0.4) is 0 Å². The van der Waals surface area contributed by atoms with Crippen LogP contribution in [0.15, 0.2) is 18.2 Å². The minimum absolute atomic E-state index is 0.00973. The summed E-state index contributed by atoms with van der Waals surface area (Å²) in [5.41, 5.74) is 5.74. The lowest BCUT2D eigenvalue weighted by Gasteiger charge is -2.04. The Morgan fingerprint density at radius 1 is 1.56 bits per heavy atom. The molecule has 2 amide bonds. The average Bonchev–Trinajstić information content (AvgIpc) is 2.26. The second kappa shape index (κ2) is 5.73. The van der Waals surface area contributed by atoms with E-state index < -0.39 is 11.8 Å². The van der Waals surface area contributed by atoms with Gasteiger partial charge < -0.3 is 16.2 Å². The number of carbonyl (C=O) groups excluding carboxylic acids is 1. The van der Waals surface area contributed by atoms with Crippen LogP contribution in [0.1, 0.15) is 11.1 Å². The summed E-state index contributed by atoms with van der Waals surface area (Å²) < 4.78 is 13.3. The average molecular weight is 222 g/mol. The SMILES string of the molecule is NC(=O)NCc1cc(C#CCO)ccc1F. The predicted octanol–water partition coefficient (Wildman–Crippen LogP) is 0.338. The van der Waals surface area contributed by atoms with Gasteiger partial charge in [-0.25, -0.2) is 9.18 Å². The zero-order chi connectivity index (χ0) is 12.0. The maximum atomic E-state index is 13.3. The lowest BCUT2D eigenvalue weighted by molar-refractivity contribution is 0.248. The largest absolute Gasteiger partial charge is 0.384 e. The number of urea groups is 1. The van der Waals surface area contributed by atoms with E-state index in [4.69, 9.17) is 10.8 Å². The Bertz CT molecular complexity index is 449. The summed E-state index contributed by atoms with van der Waals surface area (Å²) in [6, 6.07) is 3.52. The molecule has 0 heterocycles. The van der Waals surface area contributed by atoms with E-state index in [1.165, 1.54) is 18.2 Å². The van der Waals surface area contributed by atoms with Crippen molar-refractivity contribution in [1.82, 2.24) is 5.32 Å². The van der Waals surface area contributed by atoms with E-state index in [0.717, 1.165) is 0 Å². The smallest absolute Gasteiger partial charge is 0.312 e. The molecule has 0 saturated heterocycles. The van der Waals surface area contributed by atoms with Crippen LogP contribution in [0.5, 0.6) is 0 Å². The highest BCUT2D eigenvalue weighted by Crippen LogP contribution is 2.09. The van der Waals surface area contributed by atoms with Crippen molar-refractivity contribution in [3.05, 3.63) is 35.1 Å². The predicted molar refractivity (Wildman–Crippen MR) is 56.8 cm³/mol. The van der Waals surface area contributed by atoms with E-state index in [9.17, 15) is 9.18 Å². The van der Waals surface area contributed by atoms with Gasteiger partial charge in [-0.15, -0.1) is 0 Å². The van der Waals surface area contributed by atoms with Gasteiger partial charge in [-0.1, -0.05) is 11.8 Å². The molecule has 1 aromatic carbocycles. The maximum Gasteiger partial charge on any atom is 0.312 e. The van der Waals surface area contributed by atoms with Gasteiger partial charge >= 0.3 is 6.03 Å². The topological polar surface area (TPSA) is 75.4 Å². The van der Waals surface area contributed by atoms with Crippen LogP contribution in [-0.4, -0.2) is 17.7 Å². The molecule has 84 valence electrons. The molecule has 0 spiro atoms. The van der Waals surface area contributed by atoms with Crippen molar-refractivity contribution < 1.29 is 14.3 Å². The number of hydrogen-bond acceptors (Lipinski definition) is 2. The van der Waals surface area contributed by atoms with Gasteiger partial charge in [0, 0.05) is 17.7 Å². The lowest BCUT2D eigenvalue weighted by atomic mass is 10.1. The molecule has 0 radical (unpaired) electrons. The molecule has 4 nitrogen and oxygen atoms in total. The third-order valence-corrected chi connectivity index (χ3v) is 1.81. The van der Waals surface area contributed by atoms with E-state index in [1.807, 2.05) is 0 Å². The number of rotatable bonds is 2. The summed E-state index contributed by atoms with van der Waals surface area (Å²) in [6.07, 6.45) is 0. The number of amides is 2. The first-order valence-corrected chi connectivity index (χ1v) is 4.55. The van der Waals surface area contributed by atoms with Gasteiger partial charge in [0.25, 0.3) is 0 Å². The van der Waals surface area contributed by atoms with Crippen molar-refractivity contribution in [2.45, 2.75) is 6.54 Å². The molecule has 0 unspecified atom stereocenters. The summed E-state index contributed by atoms with van der Waals surface area (Å²) in [6.45, 7) is -0.248. The lowest BCUT2D eigenvalue weighted by Crippen LogP contribution is -2.29. The third-order valence-electron chi connectivity index (χ3n) is 1.81. The number of carbonyl (C=O) groups is 1. The fourth-order valence-electron chi connectivity index (χ4n) is 1.11. The summed E-state index contributed by atoms with van der Waals surface area (Å²) >= 11 is 0. The van der Waals surface area contributed by atoms with Crippen LogP contribution in [0.2, 0.25) is 0 Å². The van der Waals surface area contributed by atoms with Gasteiger partial charge in [0.15, 0.2) is 0 Å². The van der Waals surface area contributed by atoms with Crippen molar-refractivity contribution in [2.24, 2.45) is 5.73 Å². The summed E-state index contributed by atoms with van der Waals surface area (Å²) in [4.78, 5) is 10.5. The van der Waals surface area contributed by atoms with Gasteiger partial charge in [0.05, 0.1) is 0 Å². The standard InChI is InChI=1S/C11H11FN2O2/c12-10-4-3-8(2-1-5-15)6-9(10)7-14-11(13)16/h3-4,6,15H,5,7H2,(H3,13,14,16). The molecule has 0 aliphatic heterocycles. The quantitative estimate of drug-likeness (QED) is 0.631. The van der Waals surface area contributed by atoms with Crippen molar-refractivity contribution in [2.75, 3.05) is 6.61 Å². The number of nitrogens with one attached hydrogen (secondary N) is 1. The van der Waals surface area contributed by atoms with E-state index in [1.54, 1.807) is 0 Å². The second-order valence-corrected chi connectivity index (χ2v) is 2.98. The number of halogens is 1. The Morgan fingerprint density at radius 3 is 2.94 bits per heavy atom. The monoisotopic (exact) mass is 222 g/mol. The Morgan fingerprint density at radius 2 is 2.31 bits per heavy atom. The van der Waals surface area contributed by atoms with Crippen molar-refractivity contribution >= 4 is 6.03 Å². The number of hydrogen-bond donors (Lipinski definition) is 3. The first-order chi connectivity index (χ1) is 7.63. The molecule has 5 heteroatoms. The molecule has 0 atom stereocenters. The van der Waals surface area contributed by atoms with E-state index in [0.29, 0.717) is 11.1 Å². The Labute approximate surface area is 92.3 Å². The van der Waals surface area contributed by atoms with Crippen molar-refractivity contribution in [3.8, 4) is 11.8 Å². The maximum absolute atomic E-state index is 13.3. The normalized spacial score (nSPS) is 9.12. The van der Waals surface area contributed by atoms with Crippen LogP contribution < -0.4 is 11.1 Å². The zero-order valence-electron chi connectivity index (χ0n) is 8.46. The molecule has 0 aliphatic carbocycles. The van der Waals surface area contributed by atoms with Gasteiger partial charge in [-0.05, 0) is 18.2 Å². The fourth-order valence-corrected chi connectivity index (χ4v) is 1.11. The van der Waals surface area contributed by atoms with Crippen LogP contribution in [0.4, 0.5) is 9.18 Å². The van der Waals surface area contributed by atoms with Gasteiger partial charge in [0.2, 0.25) is 0 Å². The summed E-state index contributed by atoms with van der Waals surface area (Å²) in [7, 11) is 0. The highest BCUT2D eigenvalue weighted by Gasteiger charge is 2.03. The fraction of sp³-hybridized carbons (Fsp3) is 0.182. The first-order valence-electron chi connectivity index (χ1n) is 4.55. The molecule has 4 N–H and O–H groups in total. The highest BCUT2D eigenvalue weighted by atomic mass is 19.1. The van der Waals surface area contributed by atoms with Crippen molar-refractivity contribution in [1.29, 1.82) is 0 Å². The molecule has 1 aromatic rings. The summed E-state index contributed by atoms with van der Waals surface area (Å²) in [5, 5.41) is 10.8. The van der Waals surface area contributed by atoms with Gasteiger partial charge in [0.1, 0.15) is 12.4 Å².